The van der Waals surface area contributed by atoms with Crippen LogP contribution in [-0.2, 0) is 4.79 Å². The van der Waals surface area contributed by atoms with E-state index in [0.29, 0.717) is 0 Å². The Balaban J connectivity index is 0.00000242. The zero-order chi connectivity index (χ0) is 15.1. The summed E-state index contributed by atoms with van der Waals surface area (Å²) in [5, 5.41) is 3.45. The minimum atomic E-state index is 0. The topological polar surface area (TPSA) is 51.2 Å². The largest absolute Gasteiger partial charge is 0.355 e. The van der Waals surface area contributed by atoms with Gasteiger partial charge in [-0.25, -0.2) is 0 Å². The zero-order valence-electron chi connectivity index (χ0n) is 13.6. The highest BCUT2D eigenvalue weighted by Gasteiger charge is 2.20. The molecule has 6 nitrogen and oxygen atoms in total. The fraction of sp³-hybridized carbons (Fsp3) is 0.857. The Labute approximate surface area is 155 Å². The van der Waals surface area contributed by atoms with Crippen LogP contribution in [0.4, 0.5) is 0 Å². The first-order valence-corrected chi connectivity index (χ1v) is 8.87. The lowest BCUT2D eigenvalue weighted by Crippen LogP contribution is -2.54. The predicted octanol–water partition coefficient (Wildman–Crippen LogP) is 0.393. The summed E-state index contributed by atoms with van der Waals surface area (Å²) in [5.74, 6) is 3.63. The van der Waals surface area contributed by atoms with Gasteiger partial charge >= 0.3 is 0 Å². The van der Waals surface area contributed by atoms with Crippen molar-refractivity contribution in [2.45, 2.75) is 6.92 Å². The summed E-state index contributed by atoms with van der Waals surface area (Å²) in [6.07, 6.45) is 0. The Kier molecular flexibility index (Phi) is 9.49. The third-order valence-electron chi connectivity index (χ3n) is 4.05. The summed E-state index contributed by atoms with van der Waals surface area (Å²) >= 11 is 2.04. The maximum absolute atomic E-state index is 11.3. The van der Waals surface area contributed by atoms with Gasteiger partial charge in [-0.05, 0) is 0 Å². The van der Waals surface area contributed by atoms with Crippen LogP contribution in [0.1, 0.15) is 6.92 Å². The molecule has 2 fully saturated rings. The summed E-state index contributed by atoms with van der Waals surface area (Å²) in [4.78, 5) is 22.4. The van der Waals surface area contributed by atoms with Crippen LogP contribution >= 0.6 is 35.7 Å². The number of aliphatic imine (C=N–C) groups is 1. The Bertz CT molecular complexity index is 368. The Hall–Kier alpha value is -0.220. The molecular weight excluding hydrogens is 413 g/mol. The summed E-state index contributed by atoms with van der Waals surface area (Å²) in [7, 11) is 1.83. The van der Waals surface area contributed by atoms with E-state index in [-0.39, 0.29) is 29.9 Å². The molecule has 0 aromatic heterocycles. The highest BCUT2D eigenvalue weighted by molar-refractivity contribution is 14.0. The molecule has 0 aromatic carbocycles. The maximum Gasteiger partial charge on any atom is 0.219 e. The second kappa shape index (κ2) is 10.5. The van der Waals surface area contributed by atoms with Gasteiger partial charge in [0.1, 0.15) is 0 Å². The number of hydrogen-bond donors (Lipinski definition) is 1. The average Bonchev–Trinajstić information content (AvgIpc) is 2.53. The van der Waals surface area contributed by atoms with Gasteiger partial charge in [-0.3, -0.25) is 14.7 Å². The van der Waals surface area contributed by atoms with E-state index < -0.39 is 0 Å². The van der Waals surface area contributed by atoms with E-state index in [9.17, 15) is 4.79 Å². The fourth-order valence-corrected chi connectivity index (χ4v) is 3.69. The van der Waals surface area contributed by atoms with Crippen molar-refractivity contribution in [3.05, 3.63) is 0 Å². The normalized spacial score (nSPS) is 20.5. The van der Waals surface area contributed by atoms with E-state index in [2.05, 4.69) is 20.1 Å². The molecule has 0 atom stereocenters. The number of nitrogens with one attached hydrogen (secondary N) is 1. The molecule has 2 heterocycles. The third kappa shape index (κ3) is 6.11. The summed E-state index contributed by atoms with van der Waals surface area (Å²) in [6, 6.07) is 0. The number of piperazine rings is 1. The molecule has 0 radical (unpaired) electrons. The number of halogens is 1. The molecule has 0 unspecified atom stereocenters. The molecule has 0 saturated carbocycles. The van der Waals surface area contributed by atoms with E-state index >= 15 is 0 Å². The van der Waals surface area contributed by atoms with Crippen LogP contribution < -0.4 is 5.32 Å². The summed E-state index contributed by atoms with van der Waals surface area (Å²) < 4.78 is 0. The molecule has 8 heteroatoms. The standard InChI is InChI=1S/C14H27N5OS.HI/c1-13(20)18-5-7-19(8-6-18)14(15-2)16-3-4-17-9-11-21-12-10-17;/h3-12H2,1-2H3,(H,15,16);1H. The van der Waals surface area contributed by atoms with Crippen molar-refractivity contribution in [1.82, 2.24) is 20.0 Å². The molecule has 2 rings (SSSR count). The second-order valence-corrected chi connectivity index (χ2v) is 6.65. The van der Waals surface area contributed by atoms with Crippen LogP contribution in [0, 0.1) is 0 Å². The van der Waals surface area contributed by atoms with Gasteiger partial charge in [0.25, 0.3) is 0 Å². The van der Waals surface area contributed by atoms with E-state index in [0.717, 1.165) is 45.2 Å². The molecule has 0 aromatic rings. The molecule has 1 N–H and O–H groups in total. The first-order valence-electron chi connectivity index (χ1n) is 7.72. The van der Waals surface area contributed by atoms with Gasteiger partial charge in [0.2, 0.25) is 5.91 Å². The highest BCUT2D eigenvalue weighted by Crippen LogP contribution is 2.08. The minimum Gasteiger partial charge on any atom is -0.355 e. The van der Waals surface area contributed by atoms with Crippen LogP contribution in [0.5, 0.6) is 0 Å². The van der Waals surface area contributed by atoms with Crippen LogP contribution in [0.2, 0.25) is 0 Å². The number of thioether (sulfide) groups is 1. The summed E-state index contributed by atoms with van der Waals surface area (Å²) in [6.45, 7) is 9.35. The smallest absolute Gasteiger partial charge is 0.219 e. The molecule has 2 aliphatic heterocycles. The van der Waals surface area contributed by atoms with Gasteiger partial charge < -0.3 is 15.1 Å². The van der Waals surface area contributed by atoms with E-state index in [1.807, 2.05) is 23.7 Å². The van der Waals surface area contributed by atoms with Crippen LogP contribution in [0.3, 0.4) is 0 Å². The van der Waals surface area contributed by atoms with Gasteiger partial charge in [0.15, 0.2) is 5.96 Å². The zero-order valence-corrected chi connectivity index (χ0v) is 16.7. The Morgan fingerprint density at radius 2 is 1.68 bits per heavy atom. The minimum absolute atomic E-state index is 0. The lowest BCUT2D eigenvalue weighted by molar-refractivity contribution is -0.130. The van der Waals surface area contributed by atoms with Crippen molar-refractivity contribution in [3.8, 4) is 0 Å². The number of guanidine groups is 1. The molecular formula is C14H28IN5OS. The third-order valence-corrected chi connectivity index (χ3v) is 4.99. The van der Waals surface area contributed by atoms with Crippen molar-refractivity contribution in [1.29, 1.82) is 0 Å². The van der Waals surface area contributed by atoms with Gasteiger partial charge in [-0.1, -0.05) is 0 Å². The molecule has 0 bridgehead atoms. The Morgan fingerprint density at radius 1 is 1.09 bits per heavy atom. The van der Waals surface area contributed by atoms with Gasteiger partial charge in [0, 0.05) is 77.8 Å². The van der Waals surface area contributed by atoms with Crippen molar-refractivity contribution in [3.63, 3.8) is 0 Å². The number of carbonyl (C=O) groups excluding carboxylic acids is 1. The molecule has 1 amide bonds. The van der Waals surface area contributed by atoms with Crippen LogP contribution in [0.15, 0.2) is 4.99 Å². The number of hydrogen-bond acceptors (Lipinski definition) is 4. The maximum atomic E-state index is 11.3. The van der Waals surface area contributed by atoms with Gasteiger partial charge in [0.05, 0.1) is 0 Å². The quantitative estimate of drug-likeness (QED) is 0.390. The molecule has 2 saturated heterocycles. The van der Waals surface area contributed by atoms with Gasteiger partial charge in [-0.15, -0.1) is 24.0 Å². The molecule has 0 spiro atoms. The predicted molar refractivity (Wildman–Crippen MR) is 104 cm³/mol. The number of nitrogens with zero attached hydrogens (tertiary/aromatic N) is 4. The van der Waals surface area contributed by atoms with Crippen molar-refractivity contribution >= 4 is 47.6 Å². The first kappa shape index (κ1) is 19.8. The average molecular weight is 441 g/mol. The molecule has 22 heavy (non-hydrogen) atoms. The lowest BCUT2D eigenvalue weighted by atomic mass is 10.3. The lowest BCUT2D eigenvalue weighted by Gasteiger charge is -2.36. The van der Waals surface area contributed by atoms with Crippen LogP contribution in [0.25, 0.3) is 0 Å². The highest BCUT2D eigenvalue weighted by atomic mass is 127. The van der Waals surface area contributed by atoms with E-state index in [1.165, 1.54) is 24.6 Å². The fourth-order valence-electron chi connectivity index (χ4n) is 2.72. The van der Waals surface area contributed by atoms with Crippen LogP contribution in [-0.4, -0.2) is 97.5 Å². The second-order valence-electron chi connectivity index (χ2n) is 5.42. The van der Waals surface area contributed by atoms with Crippen molar-refractivity contribution in [2.24, 2.45) is 4.99 Å². The SMILES string of the molecule is CN=C(NCCN1CCSCC1)N1CCN(C(C)=O)CC1.I. The van der Waals surface area contributed by atoms with E-state index in [1.54, 1.807) is 6.92 Å². The summed E-state index contributed by atoms with van der Waals surface area (Å²) in [5.41, 5.74) is 0. The van der Waals surface area contributed by atoms with Crippen molar-refractivity contribution < 1.29 is 4.79 Å². The van der Waals surface area contributed by atoms with Crippen molar-refractivity contribution in [2.75, 3.05) is 70.9 Å². The van der Waals surface area contributed by atoms with E-state index in [4.69, 9.17) is 0 Å². The molecule has 0 aliphatic carbocycles. The Morgan fingerprint density at radius 3 is 2.23 bits per heavy atom. The first-order chi connectivity index (χ1) is 10.2. The number of rotatable bonds is 3. The monoisotopic (exact) mass is 441 g/mol. The number of amides is 1. The molecule has 128 valence electrons. The molecule has 2 aliphatic rings. The number of carbonyl (C=O) groups is 1. The van der Waals surface area contributed by atoms with Gasteiger partial charge in [-0.2, -0.15) is 11.8 Å².